The topological polar surface area (TPSA) is 57.6 Å². The molecule has 0 radical (unpaired) electrons. The van der Waals surface area contributed by atoms with Gasteiger partial charge in [-0.2, -0.15) is 4.31 Å². The fourth-order valence-electron chi connectivity index (χ4n) is 2.00. The molecule has 1 N–H and O–H groups in total. The molecule has 2 heterocycles. The maximum atomic E-state index is 12.2. The van der Waals surface area contributed by atoms with Crippen LogP contribution in [0.15, 0.2) is 21.7 Å². The Morgan fingerprint density at radius 1 is 1.50 bits per heavy atom. The number of aliphatic hydroxyl groups is 1. The van der Waals surface area contributed by atoms with Crippen LogP contribution in [0.4, 0.5) is 0 Å². The van der Waals surface area contributed by atoms with Crippen molar-refractivity contribution in [3.05, 3.63) is 17.5 Å². The van der Waals surface area contributed by atoms with Crippen molar-refractivity contribution in [1.29, 1.82) is 0 Å². The van der Waals surface area contributed by atoms with Gasteiger partial charge in [-0.05, 0) is 24.3 Å². The average Bonchev–Trinajstić information content (AvgIpc) is 2.83. The Morgan fingerprint density at radius 3 is 2.94 bits per heavy atom. The summed E-state index contributed by atoms with van der Waals surface area (Å²) in [6.45, 7) is 0.427. The number of hydrogen-bond donors (Lipinski definition) is 1. The molecule has 1 aromatic rings. The largest absolute Gasteiger partial charge is 0.395 e. The smallest absolute Gasteiger partial charge is 0.252 e. The maximum absolute atomic E-state index is 12.2. The monoisotopic (exact) mass is 261 g/mol. The summed E-state index contributed by atoms with van der Waals surface area (Å²) >= 11 is 1.22. The van der Waals surface area contributed by atoms with Crippen molar-refractivity contribution in [2.24, 2.45) is 0 Å². The van der Waals surface area contributed by atoms with Crippen LogP contribution in [-0.2, 0) is 10.0 Å². The molecule has 6 heteroatoms. The second-order valence-corrected chi connectivity index (χ2v) is 6.95. The highest BCUT2D eigenvalue weighted by molar-refractivity contribution is 7.91. The predicted molar refractivity (Wildman–Crippen MR) is 62.9 cm³/mol. The maximum Gasteiger partial charge on any atom is 0.252 e. The summed E-state index contributed by atoms with van der Waals surface area (Å²) in [6, 6.07) is 3.10. The van der Waals surface area contributed by atoms with Gasteiger partial charge in [-0.1, -0.05) is 12.5 Å². The van der Waals surface area contributed by atoms with Crippen LogP contribution in [0.25, 0.3) is 0 Å². The quantitative estimate of drug-likeness (QED) is 0.892. The fourth-order valence-corrected chi connectivity index (χ4v) is 4.80. The van der Waals surface area contributed by atoms with E-state index in [1.54, 1.807) is 17.5 Å². The molecule has 2 rings (SSSR count). The second kappa shape index (κ2) is 4.83. The minimum atomic E-state index is -3.39. The molecule has 0 bridgehead atoms. The van der Waals surface area contributed by atoms with Crippen molar-refractivity contribution in [3.63, 3.8) is 0 Å². The molecule has 1 atom stereocenters. The van der Waals surface area contributed by atoms with Gasteiger partial charge in [0.15, 0.2) is 0 Å². The molecule has 1 fully saturated rings. The summed E-state index contributed by atoms with van der Waals surface area (Å²) in [7, 11) is -3.39. The first-order valence-corrected chi connectivity index (χ1v) is 7.64. The lowest BCUT2D eigenvalue weighted by Gasteiger charge is -2.32. The third-order valence-electron chi connectivity index (χ3n) is 2.84. The van der Waals surface area contributed by atoms with Gasteiger partial charge in [0.25, 0.3) is 10.0 Å². The highest BCUT2D eigenvalue weighted by Crippen LogP contribution is 2.27. The molecule has 90 valence electrons. The Kier molecular flexibility index (Phi) is 3.63. The van der Waals surface area contributed by atoms with E-state index in [4.69, 9.17) is 0 Å². The predicted octanol–water partition coefficient (Wildman–Crippen LogP) is 1.28. The molecule has 0 saturated carbocycles. The van der Waals surface area contributed by atoms with E-state index in [0.717, 1.165) is 19.3 Å². The molecular weight excluding hydrogens is 246 g/mol. The molecule has 1 unspecified atom stereocenters. The highest BCUT2D eigenvalue weighted by Gasteiger charge is 2.33. The zero-order valence-corrected chi connectivity index (χ0v) is 10.5. The van der Waals surface area contributed by atoms with Crippen LogP contribution in [0.2, 0.25) is 0 Å². The fraction of sp³-hybridized carbons (Fsp3) is 0.600. The summed E-state index contributed by atoms with van der Waals surface area (Å²) in [5, 5.41) is 11.0. The molecule has 1 aliphatic heterocycles. The van der Waals surface area contributed by atoms with Crippen molar-refractivity contribution in [2.75, 3.05) is 13.2 Å². The first-order chi connectivity index (χ1) is 7.66. The van der Waals surface area contributed by atoms with E-state index < -0.39 is 10.0 Å². The lowest BCUT2D eigenvalue weighted by atomic mass is 10.1. The Balaban J connectivity index is 2.28. The molecule has 0 aliphatic carbocycles. The summed E-state index contributed by atoms with van der Waals surface area (Å²) in [5.41, 5.74) is 0. The molecule has 4 nitrogen and oxygen atoms in total. The SMILES string of the molecule is O=S(=O)(c1cccs1)N1CCCCC1CO. The van der Waals surface area contributed by atoms with Crippen LogP contribution in [0.5, 0.6) is 0 Å². The van der Waals surface area contributed by atoms with Crippen molar-refractivity contribution in [2.45, 2.75) is 29.5 Å². The molecule has 16 heavy (non-hydrogen) atoms. The van der Waals surface area contributed by atoms with Crippen molar-refractivity contribution < 1.29 is 13.5 Å². The Morgan fingerprint density at radius 2 is 2.31 bits per heavy atom. The minimum Gasteiger partial charge on any atom is -0.395 e. The van der Waals surface area contributed by atoms with E-state index in [1.807, 2.05) is 0 Å². The Hall–Kier alpha value is -0.430. The van der Waals surface area contributed by atoms with Gasteiger partial charge in [0.2, 0.25) is 0 Å². The molecular formula is C10H15NO3S2. The normalized spacial score (nSPS) is 23.4. The van der Waals surface area contributed by atoms with Gasteiger partial charge in [0.05, 0.1) is 6.61 Å². The first-order valence-electron chi connectivity index (χ1n) is 5.32. The number of nitrogens with zero attached hydrogens (tertiary/aromatic N) is 1. The Bertz CT molecular complexity index is 427. The third-order valence-corrected chi connectivity index (χ3v) is 6.17. The highest BCUT2D eigenvalue weighted by atomic mass is 32.2. The lowest BCUT2D eigenvalue weighted by Crippen LogP contribution is -2.45. The molecule has 0 spiro atoms. The van der Waals surface area contributed by atoms with Crippen molar-refractivity contribution >= 4 is 21.4 Å². The van der Waals surface area contributed by atoms with E-state index >= 15 is 0 Å². The molecule has 0 aromatic carbocycles. The van der Waals surface area contributed by atoms with E-state index in [9.17, 15) is 13.5 Å². The number of thiophene rings is 1. The molecule has 1 aliphatic rings. The minimum absolute atomic E-state index is 0.0927. The molecule has 1 aromatic heterocycles. The van der Waals surface area contributed by atoms with Gasteiger partial charge in [-0.3, -0.25) is 0 Å². The summed E-state index contributed by atoms with van der Waals surface area (Å²) in [5.74, 6) is 0. The third kappa shape index (κ3) is 2.15. The van der Waals surface area contributed by atoms with Crippen LogP contribution in [0.3, 0.4) is 0 Å². The summed E-state index contributed by atoms with van der Waals surface area (Å²) in [4.78, 5) is 0. The van der Waals surface area contributed by atoms with E-state index in [2.05, 4.69) is 0 Å². The van der Waals surface area contributed by atoms with Crippen LogP contribution >= 0.6 is 11.3 Å². The summed E-state index contributed by atoms with van der Waals surface area (Å²) in [6.07, 6.45) is 2.61. The van der Waals surface area contributed by atoms with Crippen LogP contribution in [0.1, 0.15) is 19.3 Å². The zero-order valence-electron chi connectivity index (χ0n) is 8.87. The van der Waals surface area contributed by atoms with Gasteiger partial charge >= 0.3 is 0 Å². The standard InChI is InChI=1S/C10H15NO3S2/c12-8-9-4-1-2-6-11(9)16(13,14)10-5-3-7-15-10/h3,5,7,9,12H,1-2,4,6,8H2. The summed E-state index contributed by atoms with van der Waals surface area (Å²) < 4.78 is 26.3. The van der Waals surface area contributed by atoms with Gasteiger partial charge in [0.1, 0.15) is 4.21 Å². The van der Waals surface area contributed by atoms with Gasteiger partial charge in [0, 0.05) is 12.6 Å². The van der Waals surface area contributed by atoms with E-state index in [0.29, 0.717) is 10.8 Å². The lowest BCUT2D eigenvalue weighted by molar-refractivity contribution is 0.155. The number of hydrogen-bond acceptors (Lipinski definition) is 4. The zero-order chi connectivity index (χ0) is 11.6. The molecule has 1 saturated heterocycles. The van der Waals surface area contributed by atoms with E-state index in [1.165, 1.54) is 15.6 Å². The average molecular weight is 261 g/mol. The first kappa shape index (κ1) is 12.0. The van der Waals surface area contributed by atoms with Gasteiger partial charge in [-0.25, -0.2) is 8.42 Å². The van der Waals surface area contributed by atoms with Crippen LogP contribution in [-0.4, -0.2) is 37.0 Å². The number of piperidine rings is 1. The number of sulfonamides is 1. The molecule has 0 amide bonds. The second-order valence-electron chi connectivity index (χ2n) is 3.88. The Labute approximate surface area is 99.6 Å². The van der Waals surface area contributed by atoms with Gasteiger partial charge in [-0.15, -0.1) is 11.3 Å². The van der Waals surface area contributed by atoms with Crippen molar-refractivity contribution in [3.8, 4) is 0 Å². The van der Waals surface area contributed by atoms with Crippen LogP contribution < -0.4 is 0 Å². The van der Waals surface area contributed by atoms with Gasteiger partial charge < -0.3 is 5.11 Å². The number of aliphatic hydroxyl groups excluding tert-OH is 1. The number of rotatable bonds is 3. The van der Waals surface area contributed by atoms with Crippen LogP contribution in [0, 0.1) is 0 Å². The van der Waals surface area contributed by atoms with Crippen molar-refractivity contribution in [1.82, 2.24) is 4.31 Å². The van der Waals surface area contributed by atoms with E-state index in [-0.39, 0.29) is 12.6 Å².